The summed E-state index contributed by atoms with van der Waals surface area (Å²) in [6.45, 7) is 7.03. The molecular weight excluding hydrogens is 332 g/mol. The summed E-state index contributed by atoms with van der Waals surface area (Å²) in [6.07, 6.45) is 4.25. The molecule has 0 saturated carbocycles. The van der Waals surface area contributed by atoms with Crippen molar-refractivity contribution in [3.05, 3.63) is 24.3 Å². The Kier molecular flexibility index (Phi) is 8.13. The number of carbonyl (C=O) groups excluding carboxylic acids is 2. The summed E-state index contributed by atoms with van der Waals surface area (Å²) >= 11 is 0. The highest BCUT2D eigenvalue weighted by molar-refractivity contribution is 5.73. The van der Waals surface area contributed by atoms with Crippen LogP contribution in [0, 0.1) is 51.8 Å². The molecule has 0 aromatic rings. The summed E-state index contributed by atoms with van der Waals surface area (Å²) in [6, 6.07) is 4.13. The zero-order chi connectivity index (χ0) is 19.6. The minimum atomic E-state index is -1.43. The van der Waals surface area contributed by atoms with E-state index in [4.69, 9.17) is 9.47 Å². The van der Waals surface area contributed by atoms with Crippen LogP contribution in [0.25, 0.3) is 0 Å². The summed E-state index contributed by atoms with van der Waals surface area (Å²) in [5, 5.41) is 19.3. The lowest BCUT2D eigenvalue weighted by atomic mass is 9.68. The molecule has 1 aliphatic rings. The number of hydrogen-bond donors (Lipinski definition) is 0. The van der Waals surface area contributed by atoms with Gasteiger partial charge in [-0.2, -0.15) is 10.5 Å². The van der Waals surface area contributed by atoms with Crippen LogP contribution in [0.15, 0.2) is 24.3 Å². The highest BCUT2D eigenvalue weighted by atomic mass is 16.5. The molecular formula is C20H22N2O4. The topological polar surface area (TPSA) is 100 Å². The van der Waals surface area contributed by atoms with E-state index in [0.29, 0.717) is 25.0 Å². The second kappa shape index (κ2) is 10.1. The summed E-state index contributed by atoms with van der Waals surface area (Å²) in [4.78, 5) is 22.7. The highest BCUT2D eigenvalue weighted by Gasteiger charge is 2.41. The van der Waals surface area contributed by atoms with Gasteiger partial charge in [-0.05, 0) is 25.3 Å². The zero-order valence-corrected chi connectivity index (χ0v) is 15.1. The monoisotopic (exact) mass is 354 g/mol. The van der Waals surface area contributed by atoms with Gasteiger partial charge in [0.15, 0.2) is 12.0 Å². The predicted octanol–water partition coefficient (Wildman–Crippen LogP) is 2.68. The van der Waals surface area contributed by atoms with E-state index in [9.17, 15) is 20.1 Å². The van der Waals surface area contributed by atoms with Crippen LogP contribution in [0.1, 0.15) is 33.1 Å². The third-order valence-electron chi connectivity index (χ3n) is 4.17. The fourth-order valence-corrected chi connectivity index (χ4v) is 2.84. The number of nitrogens with zero attached hydrogens (tertiary/aromatic N) is 2. The molecule has 1 rings (SSSR count). The normalized spacial score (nSPS) is 18.8. The number of allylic oxidation sites excluding steroid dienone is 3. The predicted molar refractivity (Wildman–Crippen MR) is 93.8 cm³/mol. The molecule has 0 N–H and O–H groups in total. The lowest BCUT2D eigenvalue weighted by Gasteiger charge is -2.32. The molecule has 0 aliphatic heterocycles. The van der Waals surface area contributed by atoms with Crippen LogP contribution in [-0.2, 0) is 19.1 Å². The Morgan fingerprint density at radius 3 is 2.58 bits per heavy atom. The second-order valence-electron chi connectivity index (χ2n) is 5.86. The molecule has 2 atom stereocenters. The average Bonchev–Trinajstić information content (AvgIpc) is 2.64. The first-order chi connectivity index (χ1) is 12.4. The van der Waals surface area contributed by atoms with Crippen molar-refractivity contribution in [1.29, 1.82) is 10.5 Å². The van der Waals surface area contributed by atoms with Crippen LogP contribution in [0.5, 0.6) is 0 Å². The Morgan fingerprint density at radius 1 is 1.35 bits per heavy atom. The van der Waals surface area contributed by atoms with Crippen LogP contribution in [0.2, 0.25) is 0 Å². The molecule has 136 valence electrons. The summed E-state index contributed by atoms with van der Waals surface area (Å²) < 4.78 is 9.78. The van der Waals surface area contributed by atoms with E-state index >= 15 is 0 Å². The van der Waals surface area contributed by atoms with Crippen molar-refractivity contribution in [2.24, 2.45) is 17.3 Å². The maximum atomic E-state index is 12.0. The Hall–Kier alpha value is -3.04. The maximum absolute atomic E-state index is 12.0. The molecule has 1 aliphatic carbocycles. The second-order valence-corrected chi connectivity index (χ2v) is 5.86. The number of ether oxygens (including phenoxy) is 2. The Balaban J connectivity index is 3.02. The number of esters is 2. The minimum Gasteiger partial charge on any atom is -0.466 e. The number of carbonyl (C=O) groups is 2. The van der Waals surface area contributed by atoms with E-state index in [2.05, 4.69) is 30.6 Å². The van der Waals surface area contributed by atoms with Crippen molar-refractivity contribution >= 4 is 11.9 Å². The first-order valence-electron chi connectivity index (χ1n) is 8.35. The van der Waals surface area contributed by atoms with Crippen LogP contribution >= 0.6 is 0 Å². The Bertz CT molecular complexity index is 714. The van der Waals surface area contributed by atoms with Crippen molar-refractivity contribution in [2.75, 3.05) is 13.2 Å². The summed E-state index contributed by atoms with van der Waals surface area (Å²) in [5.74, 6) is 4.05. The van der Waals surface area contributed by atoms with Gasteiger partial charge in [-0.15, -0.1) is 6.58 Å². The number of nitriles is 2. The van der Waals surface area contributed by atoms with Gasteiger partial charge in [-0.3, -0.25) is 9.59 Å². The van der Waals surface area contributed by atoms with E-state index in [1.165, 1.54) is 6.92 Å². The molecule has 0 unspecified atom stereocenters. The first kappa shape index (κ1) is 21.0. The average molecular weight is 354 g/mol. The van der Waals surface area contributed by atoms with Crippen molar-refractivity contribution in [1.82, 2.24) is 0 Å². The minimum absolute atomic E-state index is 0.0124. The SMILES string of the molecule is C=C[C@@H]1C[C@@H](C(=O)OCC)CC=C1C(C#N)(C#N)CC#CCOC(C)=O. The van der Waals surface area contributed by atoms with Gasteiger partial charge in [0.2, 0.25) is 0 Å². The lowest BCUT2D eigenvalue weighted by molar-refractivity contribution is -0.148. The fraction of sp³-hybridized carbons (Fsp3) is 0.500. The van der Waals surface area contributed by atoms with Gasteiger partial charge in [0.25, 0.3) is 0 Å². The van der Waals surface area contributed by atoms with E-state index in [-0.39, 0.29) is 30.8 Å². The fourth-order valence-electron chi connectivity index (χ4n) is 2.84. The largest absolute Gasteiger partial charge is 0.466 e. The molecule has 0 fully saturated rings. The van der Waals surface area contributed by atoms with Gasteiger partial charge in [-0.25, -0.2) is 0 Å². The summed E-state index contributed by atoms with van der Waals surface area (Å²) in [5.41, 5.74) is -0.818. The van der Waals surface area contributed by atoms with Crippen molar-refractivity contribution in [3.63, 3.8) is 0 Å². The van der Waals surface area contributed by atoms with Crippen LogP contribution in [-0.4, -0.2) is 25.2 Å². The maximum Gasteiger partial charge on any atom is 0.309 e. The molecule has 0 radical (unpaired) electrons. The first-order valence-corrected chi connectivity index (χ1v) is 8.35. The Morgan fingerprint density at radius 2 is 2.04 bits per heavy atom. The van der Waals surface area contributed by atoms with Gasteiger partial charge in [-0.1, -0.05) is 24.0 Å². The van der Waals surface area contributed by atoms with E-state index in [1.54, 1.807) is 19.1 Å². The van der Waals surface area contributed by atoms with Gasteiger partial charge in [0.05, 0.1) is 24.7 Å². The lowest BCUT2D eigenvalue weighted by Crippen LogP contribution is -2.31. The van der Waals surface area contributed by atoms with Crippen LogP contribution in [0.4, 0.5) is 0 Å². The zero-order valence-electron chi connectivity index (χ0n) is 15.1. The quantitative estimate of drug-likeness (QED) is 0.413. The molecule has 0 spiro atoms. The highest BCUT2D eigenvalue weighted by Crippen LogP contribution is 2.42. The molecule has 6 nitrogen and oxygen atoms in total. The molecule has 26 heavy (non-hydrogen) atoms. The summed E-state index contributed by atoms with van der Waals surface area (Å²) in [7, 11) is 0. The van der Waals surface area contributed by atoms with Crippen molar-refractivity contribution in [3.8, 4) is 24.0 Å². The smallest absolute Gasteiger partial charge is 0.309 e. The standard InChI is InChI=1S/C20H22N2O4/c1-4-16-12-17(19(24)25-5-2)8-9-18(16)20(13-21,14-22)10-6-7-11-26-15(3)23/h4,9,16-17H,1,5,8,10-12H2,2-3H3/t16-,17+/m1/s1. The molecule has 0 saturated heterocycles. The molecule has 0 bridgehead atoms. The van der Waals surface area contributed by atoms with Crippen molar-refractivity contribution in [2.45, 2.75) is 33.1 Å². The third-order valence-corrected chi connectivity index (χ3v) is 4.17. The van der Waals surface area contributed by atoms with Crippen molar-refractivity contribution < 1.29 is 19.1 Å². The van der Waals surface area contributed by atoms with Crippen LogP contribution < -0.4 is 0 Å². The van der Waals surface area contributed by atoms with Gasteiger partial charge in [0, 0.05) is 19.3 Å². The number of rotatable bonds is 6. The molecule has 0 aromatic heterocycles. The third kappa shape index (κ3) is 5.23. The molecule has 0 aromatic carbocycles. The molecule has 6 heteroatoms. The van der Waals surface area contributed by atoms with E-state index in [1.807, 2.05) is 0 Å². The molecule has 0 heterocycles. The molecule has 0 amide bonds. The van der Waals surface area contributed by atoms with Gasteiger partial charge in [0.1, 0.15) is 0 Å². The number of hydrogen-bond acceptors (Lipinski definition) is 6. The van der Waals surface area contributed by atoms with E-state index in [0.717, 1.165) is 0 Å². The van der Waals surface area contributed by atoms with Gasteiger partial charge >= 0.3 is 11.9 Å². The van der Waals surface area contributed by atoms with Gasteiger partial charge < -0.3 is 9.47 Å². The van der Waals surface area contributed by atoms with E-state index < -0.39 is 11.4 Å². The Labute approximate surface area is 154 Å². The van der Waals surface area contributed by atoms with Crippen LogP contribution in [0.3, 0.4) is 0 Å².